The molecule has 0 aromatic carbocycles. The zero-order chi connectivity index (χ0) is 23.3. The molecule has 0 unspecified atom stereocenters. The summed E-state index contributed by atoms with van der Waals surface area (Å²) in [6, 6.07) is -0.797. The molecule has 0 aliphatic carbocycles. The summed E-state index contributed by atoms with van der Waals surface area (Å²) >= 11 is 4.24. The third-order valence-corrected chi connectivity index (χ3v) is 4.76. The molecule has 0 aliphatic rings. The number of carbonyl (C=O) groups is 2. The van der Waals surface area contributed by atoms with E-state index in [9.17, 15) is 9.59 Å². The first-order valence-corrected chi connectivity index (χ1v) is 11.2. The summed E-state index contributed by atoms with van der Waals surface area (Å²) in [5.41, 5.74) is 3.23. The summed E-state index contributed by atoms with van der Waals surface area (Å²) in [4.78, 5) is 26.2. The molecule has 30 heavy (non-hydrogen) atoms. The Hall–Kier alpha value is -1.69. The van der Waals surface area contributed by atoms with Crippen LogP contribution < -0.4 is 0 Å². The molecule has 1 amide bonds. The quantitative estimate of drug-likeness (QED) is 0.240. The molecule has 0 N–H and O–H groups in total. The van der Waals surface area contributed by atoms with Crippen molar-refractivity contribution in [2.24, 2.45) is 0 Å². The highest BCUT2D eigenvalue weighted by molar-refractivity contribution is 7.80. The van der Waals surface area contributed by atoms with E-state index in [0.717, 1.165) is 31.3 Å². The molecular formula is C24H41NO4S. The molecule has 1 atom stereocenters. The monoisotopic (exact) mass is 439 g/mol. The van der Waals surface area contributed by atoms with Gasteiger partial charge in [0.05, 0.1) is 7.11 Å². The highest BCUT2D eigenvalue weighted by Crippen LogP contribution is 2.16. The van der Waals surface area contributed by atoms with E-state index < -0.39 is 23.7 Å². The van der Waals surface area contributed by atoms with Crippen LogP contribution in [0.5, 0.6) is 0 Å². The number of allylic oxidation sites excluding steroid dienone is 5. The Kier molecular flexibility index (Phi) is 13.5. The molecule has 0 aliphatic heterocycles. The second-order valence-electron chi connectivity index (χ2n) is 8.81. The number of methoxy groups -OCH3 is 1. The fraction of sp³-hybridized carbons (Fsp3) is 0.667. The van der Waals surface area contributed by atoms with Gasteiger partial charge >= 0.3 is 12.1 Å². The molecule has 0 saturated heterocycles. The Morgan fingerprint density at radius 2 is 1.50 bits per heavy atom. The molecule has 0 bridgehead atoms. The average molecular weight is 440 g/mol. The van der Waals surface area contributed by atoms with Crippen LogP contribution in [0.15, 0.2) is 34.9 Å². The zero-order valence-corrected chi connectivity index (χ0v) is 21.0. The smallest absolute Gasteiger partial charge is 0.411 e. The first-order valence-electron chi connectivity index (χ1n) is 10.5. The first kappa shape index (κ1) is 28.3. The third-order valence-electron chi connectivity index (χ3n) is 4.41. The van der Waals surface area contributed by atoms with Gasteiger partial charge in [-0.3, -0.25) is 4.90 Å². The summed E-state index contributed by atoms with van der Waals surface area (Å²) in [5, 5.41) is 0. The lowest BCUT2D eigenvalue weighted by atomic mass is 10.1. The van der Waals surface area contributed by atoms with E-state index in [0.29, 0.717) is 0 Å². The van der Waals surface area contributed by atoms with Crippen molar-refractivity contribution in [3.63, 3.8) is 0 Å². The maximum atomic E-state index is 12.7. The Balaban J connectivity index is 5.04. The predicted octanol–water partition coefficient (Wildman–Crippen LogP) is 6.11. The molecule has 172 valence electrons. The minimum Gasteiger partial charge on any atom is -0.467 e. The zero-order valence-electron chi connectivity index (χ0n) is 20.1. The van der Waals surface area contributed by atoms with Gasteiger partial charge in [0.25, 0.3) is 0 Å². The van der Waals surface area contributed by atoms with Crippen LogP contribution in [0, 0.1) is 0 Å². The van der Waals surface area contributed by atoms with Crippen LogP contribution in [0.4, 0.5) is 4.79 Å². The van der Waals surface area contributed by atoms with Crippen LogP contribution in [0.2, 0.25) is 0 Å². The van der Waals surface area contributed by atoms with Gasteiger partial charge in [0.2, 0.25) is 0 Å². The number of hydrogen-bond acceptors (Lipinski definition) is 5. The summed E-state index contributed by atoms with van der Waals surface area (Å²) in [6.07, 6.45) is 9.93. The van der Waals surface area contributed by atoms with Crippen molar-refractivity contribution in [1.82, 2.24) is 4.90 Å². The second-order valence-corrected chi connectivity index (χ2v) is 9.18. The summed E-state index contributed by atoms with van der Waals surface area (Å²) in [5.74, 6) is -0.344. The molecule has 0 radical (unpaired) electrons. The molecule has 0 aromatic rings. The topological polar surface area (TPSA) is 55.8 Å². The van der Waals surface area contributed by atoms with Crippen LogP contribution in [0.25, 0.3) is 0 Å². The fourth-order valence-electron chi connectivity index (χ4n) is 2.68. The Morgan fingerprint density at radius 1 is 0.967 bits per heavy atom. The number of thiol groups is 1. The lowest BCUT2D eigenvalue weighted by molar-refractivity contribution is -0.145. The van der Waals surface area contributed by atoms with Crippen molar-refractivity contribution in [3.05, 3.63) is 34.9 Å². The van der Waals surface area contributed by atoms with E-state index in [-0.39, 0.29) is 12.3 Å². The van der Waals surface area contributed by atoms with E-state index in [2.05, 4.69) is 45.6 Å². The number of hydrogen-bond donors (Lipinski definition) is 1. The molecule has 6 heteroatoms. The number of amides is 1. The lowest BCUT2D eigenvalue weighted by Crippen LogP contribution is -2.48. The van der Waals surface area contributed by atoms with Gasteiger partial charge in [0.1, 0.15) is 11.6 Å². The molecule has 5 nitrogen and oxygen atoms in total. The molecule has 0 aromatic heterocycles. The van der Waals surface area contributed by atoms with Gasteiger partial charge in [0, 0.05) is 12.3 Å². The number of nitrogens with zero attached hydrogens (tertiary/aromatic N) is 1. The van der Waals surface area contributed by atoms with Gasteiger partial charge in [-0.25, -0.2) is 9.59 Å². The van der Waals surface area contributed by atoms with Crippen LogP contribution in [0.3, 0.4) is 0 Å². The van der Waals surface area contributed by atoms with E-state index in [4.69, 9.17) is 9.47 Å². The van der Waals surface area contributed by atoms with Crippen molar-refractivity contribution in [2.75, 3.05) is 19.4 Å². The number of carbonyl (C=O) groups excluding carboxylic acids is 2. The lowest BCUT2D eigenvalue weighted by Gasteiger charge is -2.30. The molecular weight excluding hydrogens is 398 g/mol. The molecule has 0 spiro atoms. The van der Waals surface area contributed by atoms with Crippen LogP contribution in [0.1, 0.15) is 74.1 Å². The minimum atomic E-state index is -0.797. The minimum absolute atomic E-state index is 0.159. The van der Waals surface area contributed by atoms with Crippen LogP contribution in [-0.4, -0.2) is 48.0 Å². The van der Waals surface area contributed by atoms with Crippen LogP contribution in [-0.2, 0) is 14.3 Å². The normalized spacial score (nSPS) is 13.5. The average Bonchev–Trinajstić information content (AvgIpc) is 2.62. The molecule has 0 heterocycles. The maximum Gasteiger partial charge on any atom is 0.411 e. The molecule has 0 rings (SSSR count). The van der Waals surface area contributed by atoms with Gasteiger partial charge in [-0.1, -0.05) is 34.9 Å². The third kappa shape index (κ3) is 12.8. The number of rotatable bonds is 11. The van der Waals surface area contributed by atoms with Crippen LogP contribution >= 0.6 is 12.6 Å². The summed E-state index contributed by atoms with van der Waals surface area (Å²) < 4.78 is 10.3. The van der Waals surface area contributed by atoms with Gasteiger partial charge in [-0.2, -0.15) is 12.6 Å². The highest BCUT2D eigenvalue weighted by atomic mass is 32.1. The SMILES string of the molecule is COC(=O)[C@H](CS)N(C/C=C(\C)CC/C=C(\C)CCC=C(C)C)C(=O)OC(C)(C)C. The fourth-order valence-corrected chi connectivity index (χ4v) is 3.03. The summed E-state index contributed by atoms with van der Waals surface area (Å²) in [7, 11) is 1.30. The van der Waals surface area contributed by atoms with Gasteiger partial charge < -0.3 is 9.47 Å². The largest absolute Gasteiger partial charge is 0.467 e. The van der Waals surface area contributed by atoms with Crippen molar-refractivity contribution in [2.45, 2.75) is 85.8 Å². The molecule has 0 fully saturated rings. The Labute approximate surface area is 189 Å². The van der Waals surface area contributed by atoms with E-state index in [1.165, 1.54) is 23.2 Å². The van der Waals surface area contributed by atoms with E-state index >= 15 is 0 Å². The van der Waals surface area contributed by atoms with Gasteiger partial charge in [0.15, 0.2) is 0 Å². The molecule has 0 saturated carbocycles. The van der Waals surface area contributed by atoms with Crippen molar-refractivity contribution in [1.29, 1.82) is 0 Å². The standard InChI is InChI=1S/C24H41NO4S/c1-18(2)11-9-12-19(3)13-10-14-20(4)15-16-25(21(17-30)22(26)28-8)23(27)29-24(5,6)7/h11,13,15,21,30H,9-10,12,14,16-17H2,1-8H3/b19-13+,20-15+/t21-/m0/s1. The predicted molar refractivity (Wildman–Crippen MR) is 128 cm³/mol. The van der Waals surface area contributed by atoms with E-state index in [1.807, 2.05) is 13.0 Å². The van der Waals surface area contributed by atoms with Gasteiger partial charge in [-0.05, 0) is 74.1 Å². The van der Waals surface area contributed by atoms with Crippen molar-refractivity contribution >= 4 is 24.7 Å². The second kappa shape index (κ2) is 14.3. The Morgan fingerprint density at radius 3 is 1.97 bits per heavy atom. The first-order chi connectivity index (χ1) is 13.9. The van der Waals surface area contributed by atoms with E-state index in [1.54, 1.807) is 20.8 Å². The number of ether oxygens (including phenoxy) is 2. The van der Waals surface area contributed by atoms with Crippen molar-refractivity contribution in [3.8, 4) is 0 Å². The Bertz CT molecular complexity index is 640. The van der Waals surface area contributed by atoms with Gasteiger partial charge in [-0.15, -0.1) is 0 Å². The summed E-state index contributed by atoms with van der Waals surface area (Å²) in [6.45, 7) is 14.1. The van der Waals surface area contributed by atoms with Crippen molar-refractivity contribution < 1.29 is 19.1 Å². The number of esters is 1. The highest BCUT2D eigenvalue weighted by Gasteiger charge is 2.32. The maximum absolute atomic E-state index is 12.7.